The van der Waals surface area contributed by atoms with E-state index in [1.165, 1.54) is 18.7 Å². The number of rotatable bonds is 3. The van der Waals surface area contributed by atoms with Crippen molar-refractivity contribution in [1.82, 2.24) is 0 Å². The van der Waals surface area contributed by atoms with Gasteiger partial charge in [-0.15, -0.1) is 0 Å². The lowest BCUT2D eigenvalue weighted by molar-refractivity contribution is -0.117. The summed E-state index contributed by atoms with van der Waals surface area (Å²) in [4.78, 5) is 36.9. The summed E-state index contributed by atoms with van der Waals surface area (Å²) >= 11 is 1.19. The van der Waals surface area contributed by atoms with E-state index in [0.717, 1.165) is 0 Å². The smallest absolute Gasteiger partial charge is 0.412 e. The van der Waals surface area contributed by atoms with Crippen LogP contribution in [-0.2, 0) is 14.3 Å². The van der Waals surface area contributed by atoms with Crippen molar-refractivity contribution in [2.24, 2.45) is 0 Å². The highest BCUT2D eigenvalue weighted by atomic mass is 32.2. The molecule has 2 amide bonds. The monoisotopic (exact) mass is 350 g/mol. The summed E-state index contributed by atoms with van der Waals surface area (Å²) in [7, 11) is 0. The summed E-state index contributed by atoms with van der Waals surface area (Å²) in [6.45, 7) is 7.36. The van der Waals surface area contributed by atoms with Gasteiger partial charge in [-0.25, -0.2) is 4.79 Å². The molecule has 7 heteroatoms. The second-order valence-electron chi connectivity index (χ2n) is 6.62. The summed E-state index contributed by atoms with van der Waals surface area (Å²) < 4.78 is 5.22. The Morgan fingerprint density at radius 1 is 1.33 bits per heavy atom. The molecule has 0 aromatic heterocycles. The van der Waals surface area contributed by atoms with Crippen LogP contribution < -0.4 is 10.2 Å². The van der Waals surface area contributed by atoms with Crippen LogP contribution in [0.3, 0.4) is 0 Å². The van der Waals surface area contributed by atoms with Crippen LogP contribution in [0.2, 0.25) is 0 Å². The highest BCUT2D eigenvalue weighted by Crippen LogP contribution is 2.30. The van der Waals surface area contributed by atoms with Crippen LogP contribution in [0.25, 0.3) is 0 Å². The molecule has 0 radical (unpaired) electrons. The van der Waals surface area contributed by atoms with Gasteiger partial charge >= 0.3 is 6.09 Å². The number of amides is 2. The topological polar surface area (TPSA) is 75.7 Å². The van der Waals surface area contributed by atoms with Crippen LogP contribution in [0, 0.1) is 0 Å². The Morgan fingerprint density at radius 2 is 2.04 bits per heavy atom. The Labute approximate surface area is 145 Å². The fraction of sp³-hybridized carbons (Fsp3) is 0.471. The zero-order valence-corrected chi connectivity index (χ0v) is 15.1. The Balaban J connectivity index is 2.06. The van der Waals surface area contributed by atoms with E-state index in [-0.39, 0.29) is 16.3 Å². The van der Waals surface area contributed by atoms with Gasteiger partial charge in [0.25, 0.3) is 0 Å². The van der Waals surface area contributed by atoms with Gasteiger partial charge in [-0.05, 0) is 39.0 Å². The fourth-order valence-corrected chi connectivity index (χ4v) is 3.33. The molecule has 24 heavy (non-hydrogen) atoms. The third-order valence-corrected chi connectivity index (χ3v) is 4.21. The first-order valence-corrected chi connectivity index (χ1v) is 8.59. The molecule has 1 N–H and O–H groups in total. The van der Waals surface area contributed by atoms with Gasteiger partial charge in [0.2, 0.25) is 5.91 Å². The summed E-state index contributed by atoms with van der Waals surface area (Å²) in [6.07, 6.45) is -0.203. The van der Waals surface area contributed by atoms with Crippen molar-refractivity contribution < 1.29 is 19.1 Å². The molecule has 0 bridgehead atoms. The highest BCUT2D eigenvalue weighted by Gasteiger charge is 2.32. The molecule has 1 atom stereocenters. The molecule has 6 nitrogen and oxygen atoms in total. The van der Waals surface area contributed by atoms with Crippen LogP contribution in [0.5, 0.6) is 0 Å². The third-order valence-electron chi connectivity index (χ3n) is 3.23. The average Bonchev–Trinajstić information content (AvgIpc) is 2.76. The van der Waals surface area contributed by atoms with Crippen LogP contribution in [-0.4, -0.2) is 34.5 Å². The number of anilines is 2. The maximum absolute atomic E-state index is 12.2. The summed E-state index contributed by atoms with van der Waals surface area (Å²) in [5.74, 6) is -0.0248. The molecular weight excluding hydrogens is 328 g/mol. The molecule has 0 saturated carbocycles. The second-order valence-corrected chi connectivity index (χ2v) is 8.09. The van der Waals surface area contributed by atoms with E-state index in [9.17, 15) is 14.4 Å². The van der Waals surface area contributed by atoms with Crippen molar-refractivity contribution in [2.45, 2.75) is 45.0 Å². The Morgan fingerprint density at radius 3 is 2.67 bits per heavy atom. The van der Waals surface area contributed by atoms with Gasteiger partial charge < -0.3 is 9.64 Å². The first-order chi connectivity index (χ1) is 11.1. The number of hydrogen-bond donors (Lipinski definition) is 1. The van der Waals surface area contributed by atoms with E-state index >= 15 is 0 Å². The molecule has 1 aliphatic rings. The van der Waals surface area contributed by atoms with Gasteiger partial charge in [0.1, 0.15) is 5.60 Å². The third kappa shape index (κ3) is 5.26. The predicted molar refractivity (Wildman–Crippen MR) is 95.3 cm³/mol. The van der Waals surface area contributed by atoms with Crippen molar-refractivity contribution in [1.29, 1.82) is 0 Å². The lowest BCUT2D eigenvalue weighted by Gasteiger charge is -2.20. The number of carbonyl (C=O) groups excluding carboxylic acids is 3. The van der Waals surface area contributed by atoms with Crippen molar-refractivity contribution >= 4 is 40.3 Å². The lowest BCUT2D eigenvalue weighted by atomic mass is 10.2. The normalized spacial score (nSPS) is 17.8. The van der Waals surface area contributed by atoms with Gasteiger partial charge in [0.05, 0.1) is 0 Å². The number of thioether (sulfide) groups is 1. The molecule has 1 aliphatic heterocycles. The van der Waals surface area contributed by atoms with Gasteiger partial charge in [0, 0.05) is 36.5 Å². The van der Waals surface area contributed by atoms with Gasteiger partial charge in [-0.2, -0.15) is 0 Å². The zero-order chi connectivity index (χ0) is 17.9. The molecular formula is C17H22N2O4S. The second kappa shape index (κ2) is 7.25. The van der Waals surface area contributed by atoms with Crippen molar-refractivity contribution in [3.05, 3.63) is 24.3 Å². The van der Waals surface area contributed by atoms with Crippen LogP contribution in [0.4, 0.5) is 16.2 Å². The largest absolute Gasteiger partial charge is 0.444 e. The standard InChI is InChI=1S/C17H22N2O4S/c1-11(20)24-14-9-15(21)19(10-14)13-7-5-6-12(8-13)18-16(22)23-17(2,3)4/h5-8,14H,9-10H2,1-4H3,(H,18,22). The van der Waals surface area contributed by atoms with E-state index in [1.54, 1.807) is 49.9 Å². The molecule has 0 aliphatic carbocycles. The van der Waals surface area contributed by atoms with Crippen molar-refractivity contribution in [3.8, 4) is 0 Å². The van der Waals surface area contributed by atoms with Crippen LogP contribution in [0.15, 0.2) is 24.3 Å². The van der Waals surface area contributed by atoms with E-state index in [0.29, 0.717) is 24.3 Å². The lowest BCUT2D eigenvalue weighted by Crippen LogP contribution is -2.27. The van der Waals surface area contributed by atoms with Crippen molar-refractivity contribution in [3.63, 3.8) is 0 Å². The zero-order valence-electron chi connectivity index (χ0n) is 14.3. The molecule has 1 unspecified atom stereocenters. The maximum atomic E-state index is 12.2. The molecule has 1 heterocycles. The quantitative estimate of drug-likeness (QED) is 0.904. The summed E-state index contributed by atoms with van der Waals surface area (Å²) in [5, 5.41) is 2.64. The van der Waals surface area contributed by atoms with E-state index < -0.39 is 11.7 Å². The maximum Gasteiger partial charge on any atom is 0.412 e. The first-order valence-electron chi connectivity index (χ1n) is 7.72. The average molecular weight is 350 g/mol. The minimum Gasteiger partial charge on any atom is -0.444 e. The fourth-order valence-electron chi connectivity index (χ4n) is 2.41. The Hall–Kier alpha value is -2.02. The number of nitrogens with zero attached hydrogens (tertiary/aromatic N) is 1. The van der Waals surface area contributed by atoms with Crippen molar-refractivity contribution in [2.75, 3.05) is 16.8 Å². The molecule has 130 valence electrons. The molecule has 2 rings (SSSR count). The predicted octanol–water partition coefficient (Wildman–Crippen LogP) is 3.42. The van der Waals surface area contributed by atoms with E-state index in [4.69, 9.17) is 4.74 Å². The number of ether oxygens (including phenoxy) is 1. The Bertz CT molecular complexity index is 654. The van der Waals surface area contributed by atoms with E-state index in [2.05, 4.69) is 5.32 Å². The SMILES string of the molecule is CC(=O)SC1CC(=O)N(c2cccc(NC(=O)OC(C)(C)C)c2)C1. The minimum absolute atomic E-state index is 0.00925. The minimum atomic E-state index is -0.580. The number of nitrogens with one attached hydrogen (secondary N) is 1. The van der Waals surface area contributed by atoms with Gasteiger partial charge in [-0.3, -0.25) is 14.9 Å². The van der Waals surface area contributed by atoms with Crippen LogP contribution in [0.1, 0.15) is 34.1 Å². The van der Waals surface area contributed by atoms with Gasteiger partial charge in [0.15, 0.2) is 5.12 Å². The first kappa shape index (κ1) is 18.3. The summed E-state index contributed by atoms with van der Waals surface area (Å²) in [6, 6.07) is 7.03. The molecule has 1 aromatic rings. The number of benzene rings is 1. The summed E-state index contributed by atoms with van der Waals surface area (Å²) in [5.41, 5.74) is 0.668. The molecule has 1 saturated heterocycles. The number of hydrogen-bond acceptors (Lipinski definition) is 5. The molecule has 1 aromatic carbocycles. The number of carbonyl (C=O) groups is 3. The van der Waals surface area contributed by atoms with E-state index in [1.807, 2.05) is 0 Å². The molecule has 1 fully saturated rings. The van der Waals surface area contributed by atoms with Gasteiger partial charge in [-0.1, -0.05) is 17.8 Å². The van der Waals surface area contributed by atoms with Crippen LogP contribution >= 0.6 is 11.8 Å². The molecule has 0 spiro atoms. The Kier molecular flexibility index (Phi) is 5.54. The highest BCUT2D eigenvalue weighted by molar-refractivity contribution is 8.14.